The van der Waals surface area contributed by atoms with Crippen molar-refractivity contribution in [2.75, 3.05) is 18.1 Å². The van der Waals surface area contributed by atoms with Gasteiger partial charge >= 0.3 is 7.82 Å². The molecular formula is C25H29N7O16P2. The molecule has 3 amide bonds. The van der Waals surface area contributed by atoms with E-state index < -0.39 is 95.7 Å². The highest BCUT2D eigenvalue weighted by atomic mass is 31.3. The molecule has 3 aromatic heterocycles. The summed E-state index contributed by atoms with van der Waals surface area (Å²) in [7, 11) is -11.2. The van der Waals surface area contributed by atoms with E-state index in [0.29, 0.717) is 0 Å². The molecule has 3 fully saturated rings. The van der Waals surface area contributed by atoms with Crippen molar-refractivity contribution >= 4 is 50.3 Å². The van der Waals surface area contributed by atoms with Gasteiger partial charge in [0.05, 0.1) is 19.5 Å². The predicted molar refractivity (Wildman–Crippen MR) is 154 cm³/mol. The third kappa shape index (κ3) is 7.09. The predicted octanol–water partition coefficient (Wildman–Crippen LogP) is -3.58. The third-order valence-electron chi connectivity index (χ3n) is 7.95. The number of pyridine rings is 1. The zero-order valence-electron chi connectivity index (χ0n) is 25.3. The molecule has 0 spiro atoms. The number of nitrogens with two attached hydrogens (primary N) is 1. The quantitative estimate of drug-likeness (QED) is 0.0593. The van der Waals surface area contributed by atoms with E-state index in [-0.39, 0.29) is 35.4 Å². The molecule has 6 rings (SSSR count). The van der Waals surface area contributed by atoms with Crippen LogP contribution in [0.2, 0.25) is 0 Å². The zero-order chi connectivity index (χ0) is 36.1. The Hall–Kier alpha value is -3.67. The van der Waals surface area contributed by atoms with E-state index in [1.165, 1.54) is 29.1 Å². The number of carbonyl (C=O) groups excluding carboxylic acids is 3. The number of hydrogen-bond acceptors (Lipinski definition) is 18. The molecule has 3 aliphatic heterocycles. The van der Waals surface area contributed by atoms with Crippen LogP contribution in [0.3, 0.4) is 0 Å². The summed E-state index contributed by atoms with van der Waals surface area (Å²) in [6.45, 7) is -1.99. The minimum absolute atomic E-state index is 0.00265. The monoisotopic (exact) mass is 745 g/mol. The number of imidazole rings is 1. The Morgan fingerprint density at radius 2 is 1.66 bits per heavy atom. The second-order valence-electron chi connectivity index (χ2n) is 11.2. The van der Waals surface area contributed by atoms with Crippen molar-refractivity contribution in [1.82, 2.24) is 19.5 Å². The molecular weight excluding hydrogens is 716 g/mol. The second-order valence-corrected chi connectivity index (χ2v) is 14.2. The van der Waals surface area contributed by atoms with Crippen LogP contribution in [-0.2, 0) is 41.6 Å². The lowest BCUT2D eigenvalue weighted by Gasteiger charge is -2.26. The number of hydrogen-bond donors (Lipinski definition) is 6. The Balaban J connectivity index is 1.05. The third-order valence-corrected chi connectivity index (χ3v) is 10.5. The van der Waals surface area contributed by atoms with Crippen LogP contribution in [0.5, 0.6) is 0 Å². The van der Waals surface area contributed by atoms with Crippen LogP contribution >= 0.6 is 15.6 Å². The maximum Gasteiger partial charge on any atom is 0.478 e. The average Bonchev–Trinajstić information content (AvgIpc) is 3.79. The molecule has 2 unspecified atom stereocenters. The van der Waals surface area contributed by atoms with Gasteiger partial charge in [-0.05, 0) is 6.07 Å². The van der Waals surface area contributed by atoms with Gasteiger partial charge in [-0.1, -0.05) is 0 Å². The normalized spacial score (nSPS) is 31.0. The van der Waals surface area contributed by atoms with Crippen LogP contribution in [0.1, 0.15) is 35.7 Å². The van der Waals surface area contributed by atoms with Crippen molar-refractivity contribution in [1.29, 1.82) is 0 Å². The van der Waals surface area contributed by atoms with Crippen LogP contribution in [0, 0.1) is 0 Å². The molecule has 270 valence electrons. The van der Waals surface area contributed by atoms with Gasteiger partial charge < -0.3 is 49.9 Å². The number of carbonyl (C=O) groups is 3. The fourth-order valence-electron chi connectivity index (χ4n) is 5.51. The van der Waals surface area contributed by atoms with Gasteiger partial charge in [-0.2, -0.15) is 4.57 Å². The summed E-state index contributed by atoms with van der Waals surface area (Å²) in [5.74, 6) is -1.89. The summed E-state index contributed by atoms with van der Waals surface area (Å²) in [6.07, 6.45) is -7.85. The molecule has 6 heterocycles. The van der Waals surface area contributed by atoms with Gasteiger partial charge in [0.1, 0.15) is 42.4 Å². The van der Waals surface area contributed by atoms with Crippen molar-refractivity contribution in [3.05, 3.63) is 42.7 Å². The number of rotatable bonds is 12. The minimum atomic E-state index is -5.68. The molecule has 3 saturated heterocycles. The molecule has 3 aromatic rings. The van der Waals surface area contributed by atoms with Crippen LogP contribution < -0.4 is 20.1 Å². The number of nitrogens with zero attached hydrogens (tertiary/aromatic N) is 6. The average molecular weight is 745 g/mol. The number of amides is 3. The van der Waals surface area contributed by atoms with Crippen LogP contribution in [0.4, 0.5) is 5.82 Å². The van der Waals surface area contributed by atoms with Crippen LogP contribution in [-0.4, -0.2) is 112 Å². The lowest BCUT2D eigenvalue weighted by atomic mass is 10.1. The molecule has 0 aromatic carbocycles. The van der Waals surface area contributed by atoms with Gasteiger partial charge in [0, 0.05) is 18.9 Å². The number of phosphoric ester groups is 2. The summed E-state index contributed by atoms with van der Waals surface area (Å²) in [5.41, 5.74) is 5.28. The summed E-state index contributed by atoms with van der Waals surface area (Å²) in [4.78, 5) is 71.4. The van der Waals surface area contributed by atoms with Crippen LogP contribution in [0.15, 0.2) is 37.2 Å². The van der Waals surface area contributed by atoms with Gasteiger partial charge in [-0.25, -0.2) is 28.7 Å². The van der Waals surface area contributed by atoms with E-state index in [2.05, 4.69) is 23.8 Å². The van der Waals surface area contributed by atoms with Crippen molar-refractivity contribution in [3.63, 3.8) is 0 Å². The number of fused-ring (bicyclic) bond motifs is 1. The van der Waals surface area contributed by atoms with Crippen molar-refractivity contribution in [3.8, 4) is 0 Å². The fraction of sp³-hybridized carbons (Fsp3) is 0.480. The molecule has 0 bridgehead atoms. The second kappa shape index (κ2) is 13.8. The zero-order valence-corrected chi connectivity index (χ0v) is 27.1. The number of primary amides is 1. The molecule has 25 heteroatoms. The summed E-state index contributed by atoms with van der Waals surface area (Å²) < 4.78 is 51.8. The van der Waals surface area contributed by atoms with E-state index in [1.807, 2.05) is 0 Å². The smallest absolute Gasteiger partial charge is 0.478 e. The van der Waals surface area contributed by atoms with Crippen LogP contribution in [0.25, 0.3) is 11.2 Å². The molecule has 0 saturated carbocycles. The van der Waals surface area contributed by atoms with Gasteiger partial charge in [0.15, 0.2) is 41.7 Å². The molecule has 10 atom stereocenters. The first-order chi connectivity index (χ1) is 23.6. The minimum Gasteiger partial charge on any atom is -0.756 e. The molecule has 23 nitrogen and oxygen atoms in total. The molecule has 3 aliphatic rings. The summed E-state index contributed by atoms with van der Waals surface area (Å²) >= 11 is 0. The van der Waals surface area contributed by atoms with Gasteiger partial charge in [0.25, 0.3) is 20.0 Å². The first-order valence-corrected chi connectivity index (χ1v) is 17.5. The molecule has 7 N–H and O–H groups in total. The maximum atomic E-state index is 12.5. The topological polar surface area (TPSA) is 332 Å². The SMILES string of the molecule is NC(=O)c1ccc[n+]([C@@H]2O[C@H](COP(=O)([O-])OP(=O)(O)OC[C@H]3O[C@@H](n4cnc5c(N6C(=O)CCC6=O)ncnc54)[C@H](O)[C@@H]3O)[C@@H](O)[C@H]2O)c1. The Labute approximate surface area is 279 Å². The van der Waals surface area contributed by atoms with Gasteiger partial charge in [-0.15, -0.1) is 0 Å². The highest BCUT2D eigenvalue weighted by Gasteiger charge is 2.49. The largest absolute Gasteiger partial charge is 0.756 e. The van der Waals surface area contributed by atoms with E-state index in [9.17, 15) is 53.7 Å². The summed E-state index contributed by atoms with van der Waals surface area (Å²) in [5, 5.41) is 42.0. The highest BCUT2D eigenvalue weighted by molar-refractivity contribution is 7.60. The van der Waals surface area contributed by atoms with Gasteiger partial charge in [-0.3, -0.25) is 28.0 Å². The number of imide groups is 1. The van der Waals surface area contributed by atoms with Crippen molar-refractivity contribution < 1.29 is 81.1 Å². The molecule has 0 radical (unpaired) electrons. The number of anilines is 1. The van der Waals surface area contributed by atoms with E-state index >= 15 is 0 Å². The highest BCUT2D eigenvalue weighted by Crippen LogP contribution is 2.58. The van der Waals surface area contributed by atoms with Crippen molar-refractivity contribution in [2.24, 2.45) is 5.73 Å². The lowest BCUT2D eigenvalue weighted by molar-refractivity contribution is -0.765. The number of aliphatic hydroxyl groups is 4. The lowest BCUT2D eigenvalue weighted by Crippen LogP contribution is -2.46. The van der Waals surface area contributed by atoms with E-state index in [0.717, 1.165) is 22.1 Å². The number of aromatic nitrogens is 5. The number of ether oxygens (including phenoxy) is 2. The Bertz CT molecular complexity index is 1900. The summed E-state index contributed by atoms with van der Waals surface area (Å²) in [6, 6.07) is 2.80. The molecule has 0 aliphatic carbocycles. The fourth-order valence-corrected chi connectivity index (χ4v) is 7.57. The number of aliphatic hydroxyl groups excluding tert-OH is 4. The van der Waals surface area contributed by atoms with Crippen molar-refractivity contribution in [2.45, 2.75) is 61.9 Å². The Kier molecular flexibility index (Phi) is 9.98. The van der Waals surface area contributed by atoms with E-state index in [4.69, 9.17) is 19.7 Å². The maximum absolute atomic E-state index is 12.5. The van der Waals surface area contributed by atoms with E-state index in [1.54, 1.807) is 0 Å². The first kappa shape index (κ1) is 36.1. The Morgan fingerprint density at radius 1 is 1.00 bits per heavy atom. The standard InChI is InChI=1S/C25H29N7O16P2/c26-21(39)11-2-1-5-30(6-11)24-19(37)17(35)12(46-24)7-44-49(40,41)48-50(42,43)45-8-13-18(36)20(38)25(47-13)31-10-29-16-22(31)27-9-28-23(16)32-14(33)3-4-15(32)34/h1-2,5-6,9-10,12-13,17-20,24-25,35-38H,3-4,7-8H2,(H3-,26,39,40,41,42,43)/t12-,13-,17-,18-,19-,20-,24-,25-/m1/s1. The van der Waals surface area contributed by atoms with Gasteiger partial charge in [0.2, 0.25) is 11.8 Å². The first-order valence-electron chi connectivity index (χ1n) is 14.6. The Morgan fingerprint density at radius 3 is 2.36 bits per heavy atom. The number of phosphoric acid groups is 2. The molecule has 50 heavy (non-hydrogen) atoms.